The van der Waals surface area contributed by atoms with E-state index in [1.807, 2.05) is 11.8 Å². The Kier molecular flexibility index (Phi) is 6.18. The molecule has 51 heavy (non-hydrogen) atoms. The lowest BCUT2D eigenvalue weighted by Crippen LogP contribution is -2.32. The Bertz CT molecular complexity index is 2690. The molecule has 2 aliphatic carbocycles. The standard InChI is InChI=1S/C48H32N2S/c1-29-19-26-43-38(27-29)44(32-13-3-2-4-14-32)50-47(49-43)33-22-23-40-37(28-33)36-17-9-10-18-39(36)48(40)41-24-20-30-11-5-7-15-34(30)45(41)51-46-35-16-8-6-12-31(35)21-25-42(46)48/h2-26,28-29H,27H2,1H3. The van der Waals surface area contributed by atoms with Crippen molar-refractivity contribution in [1.82, 2.24) is 9.97 Å². The highest BCUT2D eigenvalue weighted by atomic mass is 32.2. The van der Waals surface area contributed by atoms with Crippen LogP contribution in [0.15, 0.2) is 161 Å². The zero-order valence-corrected chi connectivity index (χ0v) is 28.9. The summed E-state index contributed by atoms with van der Waals surface area (Å²) in [5.74, 6) is 1.22. The highest BCUT2D eigenvalue weighted by Crippen LogP contribution is 2.64. The van der Waals surface area contributed by atoms with E-state index in [9.17, 15) is 0 Å². The molecule has 1 atom stereocenters. The van der Waals surface area contributed by atoms with E-state index in [-0.39, 0.29) is 0 Å². The van der Waals surface area contributed by atoms with Crippen LogP contribution in [0.4, 0.5) is 0 Å². The predicted octanol–water partition coefficient (Wildman–Crippen LogP) is 12.2. The van der Waals surface area contributed by atoms with Gasteiger partial charge in [-0.25, -0.2) is 9.97 Å². The van der Waals surface area contributed by atoms with Gasteiger partial charge in [0.2, 0.25) is 0 Å². The Morgan fingerprint density at radius 1 is 0.569 bits per heavy atom. The SMILES string of the molecule is CC1C=Cc2nc(-c3ccc4c(c3)-c3ccccc3C43c4ccc5ccccc5c4Sc4c3ccc3ccccc43)nc(-c3ccccc3)c2C1. The number of fused-ring (bicyclic) bond motifs is 14. The Hall–Kier alpha value is -5.77. The fourth-order valence-electron chi connectivity index (χ4n) is 9.00. The number of hydrogen-bond acceptors (Lipinski definition) is 3. The molecule has 2 heterocycles. The number of allylic oxidation sites excluding steroid dienone is 1. The van der Waals surface area contributed by atoms with E-state index in [1.54, 1.807) is 0 Å². The zero-order valence-electron chi connectivity index (χ0n) is 28.1. The lowest BCUT2D eigenvalue weighted by atomic mass is 9.66. The summed E-state index contributed by atoms with van der Waals surface area (Å²) in [5, 5.41) is 5.15. The van der Waals surface area contributed by atoms with Crippen LogP contribution in [0, 0.1) is 5.92 Å². The third kappa shape index (κ3) is 4.07. The van der Waals surface area contributed by atoms with Crippen LogP contribution in [-0.2, 0) is 11.8 Å². The lowest BCUT2D eigenvalue weighted by Gasteiger charge is -2.40. The van der Waals surface area contributed by atoms with E-state index in [4.69, 9.17) is 9.97 Å². The molecule has 8 aromatic rings. The summed E-state index contributed by atoms with van der Waals surface area (Å²) in [6, 6.07) is 53.8. The minimum Gasteiger partial charge on any atom is -0.228 e. The molecule has 0 amide bonds. The van der Waals surface area contributed by atoms with Crippen molar-refractivity contribution in [3.8, 4) is 33.8 Å². The highest BCUT2D eigenvalue weighted by Gasteiger charge is 2.51. The smallest absolute Gasteiger partial charge is 0.160 e. The normalized spacial score (nSPS) is 16.1. The maximum absolute atomic E-state index is 5.34. The molecule has 0 bridgehead atoms. The maximum Gasteiger partial charge on any atom is 0.160 e. The van der Waals surface area contributed by atoms with Gasteiger partial charge in [0.1, 0.15) is 0 Å². The highest BCUT2D eigenvalue weighted by molar-refractivity contribution is 8.00. The summed E-state index contributed by atoms with van der Waals surface area (Å²) in [4.78, 5) is 13.3. The first-order valence-electron chi connectivity index (χ1n) is 17.8. The Balaban J connectivity index is 1.20. The van der Waals surface area contributed by atoms with E-state index in [0.717, 1.165) is 34.8 Å². The zero-order chi connectivity index (χ0) is 33.7. The number of nitrogens with zero attached hydrogens (tertiary/aromatic N) is 2. The van der Waals surface area contributed by atoms with E-state index in [0.29, 0.717) is 5.92 Å². The molecule has 7 aromatic carbocycles. The van der Waals surface area contributed by atoms with Crippen molar-refractivity contribution < 1.29 is 0 Å². The Morgan fingerprint density at radius 3 is 1.94 bits per heavy atom. The van der Waals surface area contributed by atoms with Crippen molar-refractivity contribution >= 4 is 39.4 Å². The third-order valence-corrected chi connectivity index (χ3v) is 12.6. The summed E-state index contributed by atoms with van der Waals surface area (Å²) in [5.41, 5.74) is 12.9. The van der Waals surface area contributed by atoms with Crippen molar-refractivity contribution in [3.63, 3.8) is 0 Å². The molecule has 240 valence electrons. The van der Waals surface area contributed by atoms with Crippen molar-refractivity contribution in [2.75, 3.05) is 0 Å². The van der Waals surface area contributed by atoms with Gasteiger partial charge in [-0.3, -0.25) is 0 Å². The molecule has 2 nitrogen and oxygen atoms in total. The molecule has 1 aliphatic heterocycles. The van der Waals surface area contributed by atoms with Gasteiger partial charge >= 0.3 is 0 Å². The second-order valence-corrected chi connectivity index (χ2v) is 15.2. The first kappa shape index (κ1) is 29.0. The summed E-state index contributed by atoms with van der Waals surface area (Å²) >= 11 is 1.94. The molecular weight excluding hydrogens is 637 g/mol. The maximum atomic E-state index is 5.34. The van der Waals surface area contributed by atoms with Gasteiger partial charge in [0.05, 0.1) is 16.8 Å². The van der Waals surface area contributed by atoms with E-state index in [2.05, 4.69) is 165 Å². The number of aromatic nitrogens is 2. The second-order valence-electron chi connectivity index (χ2n) is 14.2. The first-order chi connectivity index (χ1) is 25.2. The molecule has 0 fully saturated rings. The molecular formula is C48H32N2S. The van der Waals surface area contributed by atoms with Crippen molar-refractivity contribution in [2.24, 2.45) is 5.92 Å². The topological polar surface area (TPSA) is 25.8 Å². The van der Waals surface area contributed by atoms with Gasteiger partial charge in [0.15, 0.2) is 5.82 Å². The van der Waals surface area contributed by atoms with Crippen LogP contribution in [0.5, 0.6) is 0 Å². The van der Waals surface area contributed by atoms with Crippen LogP contribution in [0.25, 0.3) is 61.4 Å². The molecule has 11 rings (SSSR count). The minimum atomic E-state index is -0.473. The number of rotatable bonds is 2. The summed E-state index contributed by atoms with van der Waals surface area (Å²) < 4.78 is 0. The van der Waals surface area contributed by atoms with Crippen molar-refractivity contribution in [2.45, 2.75) is 28.6 Å². The summed E-state index contributed by atoms with van der Waals surface area (Å²) in [6.45, 7) is 2.27. The van der Waals surface area contributed by atoms with Crippen molar-refractivity contribution in [3.05, 3.63) is 185 Å². The molecule has 1 aromatic heterocycles. The quantitative estimate of drug-likeness (QED) is 0.183. The van der Waals surface area contributed by atoms with Crippen LogP contribution < -0.4 is 0 Å². The molecule has 0 saturated heterocycles. The van der Waals surface area contributed by atoms with Crippen LogP contribution >= 0.6 is 11.8 Å². The van der Waals surface area contributed by atoms with Crippen molar-refractivity contribution in [1.29, 1.82) is 0 Å². The third-order valence-electron chi connectivity index (χ3n) is 11.3. The van der Waals surface area contributed by atoms with Gasteiger partial charge in [-0.15, -0.1) is 0 Å². The average Bonchev–Trinajstić information content (AvgIpc) is 3.47. The van der Waals surface area contributed by atoms with Gasteiger partial charge in [-0.05, 0) is 79.4 Å². The van der Waals surface area contributed by atoms with Crippen LogP contribution in [-0.4, -0.2) is 9.97 Å². The van der Waals surface area contributed by atoms with Crippen LogP contribution in [0.3, 0.4) is 0 Å². The van der Waals surface area contributed by atoms with Gasteiger partial charge in [0.25, 0.3) is 0 Å². The molecule has 1 unspecified atom stereocenters. The number of benzene rings is 7. The van der Waals surface area contributed by atoms with Gasteiger partial charge in [-0.1, -0.05) is 164 Å². The molecule has 3 heteroatoms. The fourth-order valence-corrected chi connectivity index (χ4v) is 10.5. The van der Waals surface area contributed by atoms with E-state index >= 15 is 0 Å². The molecule has 3 aliphatic rings. The Labute approximate surface area is 301 Å². The number of hydrogen-bond donors (Lipinski definition) is 0. The lowest BCUT2D eigenvalue weighted by molar-refractivity contribution is 0.711. The van der Waals surface area contributed by atoms with Crippen LogP contribution in [0.1, 0.15) is 40.4 Å². The fraction of sp³-hybridized carbons (Fsp3) is 0.0833. The van der Waals surface area contributed by atoms with Gasteiger partial charge in [0, 0.05) is 26.5 Å². The Morgan fingerprint density at radius 2 is 1.20 bits per heavy atom. The van der Waals surface area contributed by atoms with Crippen LogP contribution in [0.2, 0.25) is 0 Å². The molecule has 0 saturated carbocycles. The summed E-state index contributed by atoms with van der Waals surface area (Å²) in [6.07, 6.45) is 5.41. The minimum absolute atomic E-state index is 0.454. The second kappa shape index (κ2) is 10.9. The largest absolute Gasteiger partial charge is 0.228 e. The molecule has 0 N–H and O–H groups in total. The summed E-state index contributed by atoms with van der Waals surface area (Å²) in [7, 11) is 0. The predicted molar refractivity (Wildman–Crippen MR) is 211 cm³/mol. The van der Waals surface area contributed by atoms with E-state index in [1.165, 1.54) is 70.3 Å². The monoisotopic (exact) mass is 668 g/mol. The van der Waals surface area contributed by atoms with E-state index < -0.39 is 5.41 Å². The average molecular weight is 669 g/mol. The molecule has 1 spiro atoms. The first-order valence-corrected chi connectivity index (χ1v) is 18.6. The van der Waals surface area contributed by atoms with Gasteiger partial charge < -0.3 is 0 Å². The van der Waals surface area contributed by atoms with Gasteiger partial charge in [-0.2, -0.15) is 0 Å². The molecule has 0 radical (unpaired) electrons.